The van der Waals surface area contributed by atoms with E-state index in [4.69, 9.17) is 0 Å². The highest BCUT2D eigenvalue weighted by Gasteiger charge is 2.38. The molecule has 2 aliphatic carbocycles. The molecule has 0 bridgehead atoms. The number of rotatable bonds is 2. The van der Waals surface area contributed by atoms with E-state index in [1.165, 1.54) is 0 Å². The van der Waals surface area contributed by atoms with Gasteiger partial charge in [-0.05, 0) is 6.42 Å². The summed E-state index contributed by atoms with van der Waals surface area (Å²) in [5.41, 5.74) is 2.01. The Kier molecular flexibility index (Phi) is 3.55. The van der Waals surface area contributed by atoms with E-state index >= 15 is 0 Å². The SMILES string of the molecule is O=C1C2=CCC(CBr)(CBr)C=C2C(=O)c2ccccc21. The molecule has 0 radical (unpaired) electrons. The highest BCUT2D eigenvalue weighted by atomic mass is 79.9. The zero-order valence-corrected chi connectivity index (χ0v) is 13.8. The summed E-state index contributed by atoms with van der Waals surface area (Å²) >= 11 is 7.02. The topological polar surface area (TPSA) is 34.1 Å². The number of benzene rings is 1. The molecule has 0 aromatic heterocycles. The van der Waals surface area contributed by atoms with Crippen LogP contribution in [0.3, 0.4) is 0 Å². The quantitative estimate of drug-likeness (QED) is 0.706. The van der Waals surface area contributed by atoms with Gasteiger partial charge in [-0.15, -0.1) is 0 Å². The number of halogens is 2. The van der Waals surface area contributed by atoms with Crippen molar-refractivity contribution in [2.45, 2.75) is 6.42 Å². The Hall–Kier alpha value is -1.00. The van der Waals surface area contributed by atoms with Crippen molar-refractivity contribution in [3.63, 3.8) is 0 Å². The minimum atomic E-state index is -0.138. The van der Waals surface area contributed by atoms with Crippen LogP contribution in [0.15, 0.2) is 47.6 Å². The van der Waals surface area contributed by atoms with Crippen molar-refractivity contribution < 1.29 is 9.59 Å². The van der Waals surface area contributed by atoms with Crippen LogP contribution in [-0.2, 0) is 0 Å². The zero-order valence-electron chi connectivity index (χ0n) is 10.7. The van der Waals surface area contributed by atoms with Gasteiger partial charge in [0.25, 0.3) is 0 Å². The standard InChI is InChI=1S/C16H12Br2O2/c17-8-16(9-18)6-5-12-13(7-16)15(20)11-4-2-1-3-10(11)14(12)19/h1-5,7H,6,8-9H2. The van der Waals surface area contributed by atoms with Crippen molar-refractivity contribution in [1.82, 2.24) is 0 Å². The van der Waals surface area contributed by atoms with Gasteiger partial charge in [-0.25, -0.2) is 0 Å². The lowest BCUT2D eigenvalue weighted by Gasteiger charge is -2.32. The van der Waals surface area contributed by atoms with Gasteiger partial charge in [-0.1, -0.05) is 68.3 Å². The Labute approximate surface area is 134 Å². The maximum atomic E-state index is 12.6. The number of Topliss-reactive ketones (excluding diaryl/α,β-unsaturated/α-hetero) is 2. The molecule has 0 heterocycles. The van der Waals surface area contributed by atoms with Crippen molar-refractivity contribution in [1.29, 1.82) is 0 Å². The first-order chi connectivity index (χ1) is 9.62. The molecule has 3 rings (SSSR count). The molecule has 0 unspecified atom stereocenters. The molecule has 0 saturated carbocycles. The second-order valence-corrected chi connectivity index (χ2v) is 6.33. The van der Waals surface area contributed by atoms with Gasteiger partial charge < -0.3 is 0 Å². The van der Waals surface area contributed by atoms with Gasteiger partial charge in [-0.3, -0.25) is 9.59 Å². The summed E-state index contributed by atoms with van der Waals surface area (Å²) in [7, 11) is 0. The fourth-order valence-electron chi connectivity index (χ4n) is 2.65. The lowest BCUT2D eigenvalue weighted by molar-refractivity contribution is 0.0969. The second-order valence-electron chi connectivity index (χ2n) is 5.21. The van der Waals surface area contributed by atoms with Gasteiger partial charge in [0.2, 0.25) is 0 Å². The van der Waals surface area contributed by atoms with Gasteiger partial charge in [0, 0.05) is 38.3 Å². The van der Waals surface area contributed by atoms with E-state index in [-0.39, 0.29) is 17.0 Å². The molecule has 20 heavy (non-hydrogen) atoms. The number of alkyl halides is 2. The van der Waals surface area contributed by atoms with Gasteiger partial charge in [0.1, 0.15) is 0 Å². The fraction of sp³-hybridized carbons (Fsp3) is 0.250. The molecule has 2 aliphatic rings. The van der Waals surface area contributed by atoms with E-state index in [2.05, 4.69) is 31.9 Å². The summed E-state index contributed by atoms with van der Waals surface area (Å²) in [5.74, 6) is -0.0818. The summed E-state index contributed by atoms with van der Waals surface area (Å²) < 4.78 is 0. The Morgan fingerprint density at radius 1 is 0.950 bits per heavy atom. The molecule has 1 aromatic rings. The van der Waals surface area contributed by atoms with Crippen molar-refractivity contribution in [2.75, 3.05) is 10.7 Å². The highest BCUT2D eigenvalue weighted by molar-refractivity contribution is 9.09. The maximum Gasteiger partial charge on any atom is 0.194 e. The molecule has 0 spiro atoms. The number of carbonyl (C=O) groups excluding carboxylic acids is 2. The predicted molar refractivity (Wildman–Crippen MR) is 85.9 cm³/mol. The first-order valence-electron chi connectivity index (χ1n) is 6.36. The number of ketones is 2. The Morgan fingerprint density at radius 2 is 1.50 bits per heavy atom. The molecule has 0 atom stereocenters. The molecule has 1 aromatic carbocycles. The van der Waals surface area contributed by atoms with Gasteiger partial charge in [0.05, 0.1) is 0 Å². The summed E-state index contributed by atoms with van der Waals surface area (Å²) in [4.78, 5) is 25.1. The first kappa shape index (κ1) is 14.0. The van der Waals surface area contributed by atoms with E-state index in [0.29, 0.717) is 22.3 Å². The predicted octanol–water partition coefficient (Wildman–Crippen LogP) is 4.10. The van der Waals surface area contributed by atoms with E-state index in [1.54, 1.807) is 24.3 Å². The third-order valence-corrected chi connectivity index (χ3v) is 6.12. The Bertz CT molecular complexity index is 667. The van der Waals surface area contributed by atoms with Crippen molar-refractivity contribution in [3.05, 3.63) is 58.7 Å². The average Bonchev–Trinajstić information content (AvgIpc) is 2.52. The summed E-state index contributed by atoms with van der Waals surface area (Å²) in [6.45, 7) is 0. The number of fused-ring (bicyclic) bond motifs is 2. The van der Waals surface area contributed by atoms with Crippen LogP contribution in [0.1, 0.15) is 27.1 Å². The summed E-state index contributed by atoms with van der Waals surface area (Å²) in [5, 5.41) is 1.50. The Morgan fingerprint density at radius 3 is 2.05 bits per heavy atom. The largest absolute Gasteiger partial charge is 0.289 e. The maximum absolute atomic E-state index is 12.6. The monoisotopic (exact) mass is 394 g/mol. The first-order valence-corrected chi connectivity index (χ1v) is 8.60. The molecule has 2 nitrogen and oxygen atoms in total. The van der Waals surface area contributed by atoms with Crippen molar-refractivity contribution in [2.24, 2.45) is 5.41 Å². The van der Waals surface area contributed by atoms with Crippen LogP contribution >= 0.6 is 31.9 Å². The minimum absolute atomic E-state index is 0.0378. The summed E-state index contributed by atoms with van der Waals surface area (Å²) in [6, 6.07) is 7.05. The third-order valence-electron chi connectivity index (χ3n) is 3.89. The number of hydrogen-bond donors (Lipinski definition) is 0. The van der Waals surface area contributed by atoms with Crippen LogP contribution in [0.2, 0.25) is 0 Å². The minimum Gasteiger partial charge on any atom is -0.289 e. The van der Waals surface area contributed by atoms with Crippen LogP contribution in [-0.4, -0.2) is 22.2 Å². The average molecular weight is 396 g/mol. The van der Waals surface area contributed by atoms with Crippen LogP contribution < -0.4 is 0 Å². The van der Waals surface area contributed by atoms with E-state index in [1.807, 2.05) is 12.2 Å². The normalized spacial score (nSPS) is 19.9. The molecule has 4 heteroatoms. The van der Waals surface area contributed by atoms with Gasteiger partial charge >= 0.3 is 0 Å². The molecule has 0 saturated heterocycles. The van der Waals surface area contributed by atoms with Crippen LogP contribution in [0, 0.1) is 5.41 Å². The summed E-state index contributed by atoms with van der Waals surface area (Å²) in [6.07, 6.45) is 4.62. The molecular weight excluding hydrogens is 384 g/mol. The van der Waals surface area contributed by atoms with Crippen LogP contribution in [0.5, 0.6) is 0 Å². The Balaban J connectivity index is 2.18. The third kappa shape index (κ3) is 1.97. The molecule has 0 N–H and O–H groups in total. The lowest BCUT2D eigenvalue weighted by Crippen LogP contribution is -2.31. The van der Waals surface area contributed by atoms with E-state index in [9.17, 15) is 9.59 Å². The van der Waals surface area contributed by atoms with Crippen molar-refractivity contribution in [3.8, 4) is 0 Å². The van der Waals surface area contributed by atoms with Gasteiger partial charge in [-0.2, -0.15) is 0 Å². The molecular formula is C16H12Br2O2. The van der Waals surface area contributed by atoms with Crippen LogP contribution in [0.4, 0.5) is 0 Å². The second kappa shape index (κ2) is 5.08. The highest BCUT2D eigenvalue weighted by Crippen LogP contribution is 2.41. The number of hydrogen-bond acceptors (Lipinski definition) is 2. The number of carbonyl (C=O) groups is 2. The van der Waals surface area contributed by atoms with Gasteiger partial charge in [0.15, 0.2) is 11.6 Å². The fourth-order valence-corrected chi connectivity index (χ4v) is 4.36. The number of allylic oxidation sites excluding steroid dienone is 4. The molecule has 0 amide bonds. The lowest BCUT2D eigenvalue weighted by atomic mass is 9.73. The molecule has 0 aliphatic heterocycles. The van der Waals surface area contributed by atoms with Crippen LogP contribution in [0.25, 0.3) is 0 Å². The van der Waals surface area contributed by atoms with E-state index in [0.717, 1.165) is 17.1 Å². The smallest absolute Gasteiger partial charge is 0.194 e. The molecule has 102 valence electrons. The molecule has 0 fully saturated rings. The van der Waals surface area contributed by atoms with Crippen molar-refractivity contribution >= 4 is 43.4 Å². The zero-order chi connectivity index (χ0) is 14.3. The van der Waals surface area contributed by atoms with E-state index < -0.39 is 0 Å².